The third-order valence-electron chi connectivity index (χ3n) is 3.54. The third-order valence-corrected chi connectivity index (χ3v) is 3.54. The van der Waals surface area contributed by atoms with Gasteiger partial charge in [0.15, 0.2) is 12.7 Å². The van der Waals surface area contributed by atoms with Gasteiger partial charge in [-0.3, -0.25) is 4.79 Å². The standard InChI is InChI=1S/C19H20FNO4/c1-13-5-3-4-6-15(13)11-21-18(22)12-24-19(23)14(2)25-17-9-7-16(20)8-10-17/h3-10,14H,11-12H2,1-2H3,(H,21,22)/t14-/m1/s1. The minimum Gasteiger partial charge on any atom is -0.479 e. The van der Waals surface area contributed by atoms with Crippen molar-refractivity contribution in [3.05, 3.63) is 65.5 Å². The predicted octanol–water partition coefficient (Wildman–Crippen LogP) is 2.76. The first-order valence-corrected chi connectivity index (χ1v) is 7.86. The average Bonchev–Trinajstić information content (AvgIpc) is 2.60. The van der Waals surface area contributed by atoms with Gasteiger partial charge < -0.3 is 14.8 Å². The van der Waals surface area contributed by atoms with E-state index in [0.29, 0.717) is 12.3 Å². The Morgan fingerprint density at radius 1 is 1.12 bits per heavy atom. The molecule has 0 saturated heterocycles. The van der Waals surface area contributed by atoms with E-state index in [9.17, 15) is 14.0 Å². The molecule has 132 valence electrons. The van der Waals surface area contributed by atoms with Crippen LogP contribution >= 0.6 is 0 Å². The highest BCUT2D eigenvalue weighted by Gasteiger charge is 2.17. The van der Waals surface area contributed by atoms with Crippen molar-refractivity contribution >= 4 is 11.9 Å². The Morgan fingerprint density at radius 2 is 1.80 bits per heavy atom. The number of nitrogens with one attached hydrogen (secondary N) is 1. The summed E-state index contributed by atoms with van der Waals surface area (Å²) in [5.74, 6) is -1.12. The van der Waals surface area contributed by atoms with Crippen molar-refractivity contribution in [2.75, 3.05) is 6.61 Å². The van der Waals surface area contributed by atoms with Crippen molar-refractivity contribution in [2.24, 2.45) is 0 Å². The average molecular weight is 345 g/mol. The first-order valence-electron chi connectivity index (χ1n) is 7.86. The quantitative estimate of drug-likeness (QED) is 0.784. The fourth-order valence-electron chi connectivity index (χ4n) is 2.07. The van der Waals surface area contributed by atoms with Crippen LogP contribution in [0.25, 0.3) is 0 Å². The summed E-state index contributed by atoms with van der Waals surface area (Å²) in [6, 6.07) is 13.0. The zero-order valence-electron chi connectivity index (χ0n) is 14.1. The molecule has 5 nitrogen and oxygen atoms in total. The molecule has 1 amide bonds. The summed E-state index contributed by atoms with van der Waals surface area (Å²) in [4.78, 5) is 23.6. The summed E-state index contributed by atoms with van der Waals surface area (Å²) in [6.07, 6.45) is -0.908. The smallest absolute Gasteiger partial charge is 0.347 e. The zero-order chi connectivity index (χ0) is 18.2. The Morgan fingerprint density at radius 3 is 2.48 bits per heavy atom. The Balaban J connectivity index is 1.74. The van der Waals surface area contributed by atoms with E-state index >= 15 is 0 Å². The van der Waals surface area contributed by atoms with Crippen molar-refractivity contribution in [3.63, 3.8) is 0 Å². The molecule has 2 aromatic carbocycles. The van der Waals surface area contributed by atoms with Gasteiger partial charge in [-0.05, 0) is 49.2 Å². The number of rotatable bonds is 7. The minimum absolute atomic E-state index is 0.342. The Bertz CT molecular complexity index is 730. The van der Waals surface area contributed by atoms with Gasteiger partial charge in [0.2, 0.25) is 0 Å². The van der Waals surface area contributed by atoms with Gasteiger partial charge in [-0.2, -0.15) is 0 Å². The molecule has 0 heterocycles. The van der Waals surface area contributed by atoms with E-state index in [1.807, 2.05) is 31.2 Å². The van der Waals surface area contributed by atoms with Crippen LogP contribution in [0.4, 0.5) is 4.39 Å². The highest BCUT2D eigenvalue weighted by Crippen LogP contribution is 2.13. The van der Waals surface area contributed by atoms with Crippen LogP contribution in [0.2, 0.25) is 0 Å². The SMILES string of the molecule is Cc1ccccc1CNC(=O)COC(=O)[C@@H](C)Oc1ccc(F)cc1. The molecule has 6 heteroatoms. The molecular formula is C19H20FNO4. The molecule has 0 bridgehead atoms. The van der Waals surface area contributed by atoms with Crippen LogP contribution in [0.1, 0.15) is 18.1 Å². The number of hydrogen-bond donors (Lipinski definition) is 1. The molecule has 0 aliphatic carbocycles. The number of halogens is 1. The van der Waals surface area contributed by atoms with Crippen molar-refractivity contribution in [1.82, 2.24) is 5.32 Å². The molecule has 1 N–H and O–H groups in total. The third kappa shape index (κ3) is 5.91. The zero-order valence-corrected chi connectivity index (χ0v) is 14.1. The van der Waals surface area contributed by atoms with E-state index in [4.69, 9.17) is 9.47 Å². The molecule has 0 unspecified atom stereocenters. The van der Waals surface area contributed by atoms with Gasteiger partial charge in [0.1, 0.15) is 11.6 Å². The van der Waals surface area contributed by atoms with E-state index in [-0.39, 0.29) is 6.61 Å². The lowest BCUT2D eigenvalue weighted by molar-refractivity contribution is -0.154. The summed E-state index contributed by atoms with van der Waals surface area (Å²) in [5, 5.41) is 2.69. The molecule has 0 spiro atoms. The van der Waals surface area contributed by atoms with E-state index in [1.54, 1.807) is 0 Å². The fraction of sp³-hybridized carbons (Fsp3) is 0.263. The van der Waals surface area contributed by atoms with E-state index in [0.717, 1.165) is 11.1 Å². The normalized spacial score (nSPS) is 11.5. The predicted molar refractivity (Wildman–Crippen MR) is 90.5 cm³/mol. The van der Waals surface area contributed by atoms with Gasteiger partial charge in [-0.15, -0.1) is 0 Å². The minimum atomic E-state index is -0.908. The highest BCUT2D eigenvalue weighted by molar-refractivity contribution is 5.82. The molecule has 2 rings (SSSR count). The largest absolute Gasteiger partial charge is 0.479 e. The Hall–Kier alpha value is -2.89. The van der Waals surface area contributed by atoms with E-state index < -0.39 is 23.8 Å². The summed E-state index contributed by atoms with van der Waals surface area (Å²) >= 11 is 0. The van der Waals surface area contributed by atoms with Gasteiger partial charge in [0.25, 0.3) is 5.91 Å². The van der Waals surface area contributed by atoms with Gasteiger partial charge in [-0.1, -0.05) is 24.3 Å². The van der Waals surface area contributed by atoms with Gasteiger partial charge in [0, 0.05) is 6.54 Å². The van der Waals surface area contributed by atoms with Crippen molar-refractivity contribution in [3.8, 4) is 5.75 Å². The molecule has 0 saturated carbocycles. The maximum absolute atomic E-state index is 12.8. The summed E-state index contributed by atoms with van der Waals surface area (Å²) in [5.41, 5.74) is 2.07. The number of aryl methyl sites for hydroxylation is 1. The van der Waals surface area contributed by atoms with Crippen LogP contribution in [0.15, 0.2) is 48.5 Å². The summed E-state index contributed by atoms with van der Waals surface area (Å²) in [7, 11) is 0. The Kier molecular flexibility index (Phi) is 6.51. The van der Waals surface area contributed by atoms with Crippen LogP contribution in [0.3, 0.4) is 0 Å². The number of benzene rings is 2. The van der Waals surface area contributed by atoms with Crippen LogP contribution in [-0.4, -0.2) is 24.6 Å². The molecule has 2 aromatic rings. The monoisotopic (exact) mass is 345 g/mol. The molecule has 0 aromatic heterocycles. The molecule has 0 aliphatic heterocycles. The second-order valence-corrected chi connectivity index (χ2v) is 5.52. The van der Waals surface area contributed by atoms with Crippen molar-refractivity contribution in [2.45, 2.75) is 26.5 Å². The number of esters is 1. The van der Waals surface area contributed by atoms with Crippen LogP contribution in [-0.2, 0) is 20.9 Å². The molecule has 0 aliphatic rings. The van der Waals surface area contributed by atoms with E-state index in [1.165, 1.54) is 31.2 Å². The topological polar surface area (TPSA) is 64.6 Å². The first-order chi connectivity index (χ1) is 12.0. The lowest BCUT2D eigenvalue weighted by Crippen LogP contribution is -2.32. The van der Waals surface area contributed by atoms with Gasteiger partial charge in [0.05, 0.1) is 0 Å². The second-order valence-electron chi connectivity index (χ2n) is 5.52. The van der Waals surface area contributed by atoms with Crippen molar-refractivity contribution < 1.29 is 23.5 Å². The molecule has 0 fully saturated rings. The summed E-state index contributed by atoms with van der Waals surface area (Å²) in [6.45, 7) is 3.43. The van der Waals surface area contributed by atoms with Crippen molar-refractivity contribution in [1.29, 1.82) is 0 Å². The maximum atomic E-state index is 12.8. The highest BCUT2D eigenvalue weighted by atomic mass is 19.1. The fourth-order valence-corrected chi connectivity index (χ4v) is 2.07. The second kappa shape index (κ2) is 8.82. The number of ether oxygens (including phenoxy) is 2. The van der Waals surface area contributed by atoms with Gasteiger partial charge >= 0.3 is 5.97 Å². The maximum Gasteiger partial charge on any atom is 0.347 e. The number of carbonyl (C=O) groups is 2. The number of hydrogen-bond acceptors (Lipinski definition) is 4. The molecule has 25 heavy (non-hydrogen) atoms. The number of amides is 1. The van der Waals surface area contributed by atoms with Crippen LogP contribution < -0.4 is 10.1 Å². The lowest BCUT2D eigenvalue weighted by atomic mass is 10.1. The van der Waals surface area contributed by atoms with Crippen LogP contribution in [0.5, 0.6) is 5.75 Å². The number of carbonyl (C=O) groups excluding carboxylic acids is 2. The van der Waals surface area contributed by atoms with Crippen LogP contribution in [0, 0.1) is 12.7 Å². The molecule has 0 radical (unpaired) electrons. The van der Waals surface area contributed by atoms with Gasteiger partial charge in [-0.25, -0.2) is 9.18 Å². The first kappa shape index (κ1) is 18.4. The molecular weight excluding hydrogens is 325 g/mol. The lowest BCUT2D eigenvalue weighted by Gasteiger charge is -2.14. The molecule has 1 atom stereocenters. The summed E-state index contributed by atoms with van der Waals surface area (Å²) < 4.78 is 23.1. The van der Waals surface area contributed by atoms with E-state index in [2.05, 4.69) is 5.32 Å². The Labute approximate surface area is 145 Å².